The smallest absolute Gasteiger partial charge is 0.180 e. The molecule has 0 fully saturated rings. The fraction of sp³-hybridized carbons (Fsp3) is 0.294. The highest BCUT2D eigenvalue weighted by atomic mass is 32.1. The van der Waals surface area contributed by atoms with E-state index in [1.165, 1.54) is 11.5 Å². The lowest BCUT2D eigenvalue weighted by molar-refractivity contribution is 0.640. The summed E-state index contributed by atoms with van der Waals surface area (Å²) in [5, 5.41) is 8.56. The minimum atomic E-state index is 0.589. The highest BCUT2D eigenvalue weighted by molar-refractivity contribution is 7.10. The van der Waals surface area contributed by atoms with Gasteiger partial charge in [-0.3, -0.25) is 9.08 Å². The number of aryl methyl sites for hydroxylation is 1. The van der Waals surface area contributed by atoms with Crippen molar-refractivity contribution in [3.63, 3.8) is 0 Å². The predicted molar refractivity (Wildman–Crippen MR) is 99.1 cm³/mol. The van der Waals surface area contributed by atoms with Crippen LogP contribution in [0.15, 0.2) is 37.1 Å². The Kier molecular flexibility index (Phi) is 3.96. The number of imidazole rings is 1. The molecule has 8 heteroatoms. The van der Waals surface area contributed by atoms with Crippen LogP contribution in [0, 0.1) is 5.92 Å². The third kappa shape index (κ3) is 3.12. The van der Waals surface area contributed by atoms with Crippen LogP contribution in [-0.2, 0) is 13.5 Å². The maximum Gasteiger partial charge on any atom is 0.180 e. The second kappa shape index (κ2) is 6.29. The molecule has 0 bridgehead atoms. The molecule has 0 atom stereocenters. The van der Waals surface area contributed by atoms with E-state index in [2.05, 4.69) is 44.7 Å². The molecule has 7 nitrogen and oxygen atoms in total. The molecule has 4 heterocycles. The number of fused-ring (bicyclic) bond motifs is 1. The Hall–Kier alpha value is -2.74. The van der Waals surface area contributed by atoms with Crippen LogP contribution in [0.3, 0.4) is 0 Å². The third-order valence-corrected chi connectivity index (χ3v) is 4.59. The van der Waals surface area contributed by atoms with E-state index in [0.29, 0.717) is 5.92 Å². The summed E-state index contributed by atoms with van der Waals surface area (Å²) in [5.74, 6) is 1.31. The van der Waals surface area contributed by atoms with Crippen molar-refractivity contribution in [2.24, 2.45) is 13.0 Å². The number of anilines is 2. The Morgan fingerprint density at radius 2 is 2.12 bits per heavy atom. The molecule has 4 aromatic heterocycles. The maximum atomic E-state index is 4.54. The third-order valence-electron chi connectivity index (χ3n) is 3.85. The quantitative estimate of drug-likeness (QED) is 0.594. The minimum absolute atomic E-state index is 0.589. The van der Waals surface area contributed by atoms with Gasteiger partial charge in [0, 0.05) is 31.2 Å². The Balaban J connectivity index is 1.66. The molecule has 4 rings (SSSR count). The van der Waals surface area contributed by atoms with Gasteiger partial charge >= 0.3 is 0 Å². The standard InChI is InChI=1S/C17H19N7S/c1-11(2)6-13-7-15(25-22-13)21-16-17-19-9-14(24(17)5-4-18-16)12-8-20-23(3)10-12/h4-5,7-11H,6H2,1-3H3,(H,18,21). The Bertz CT molecular complexity index is 1010. The summed E-state index contributed by atoms with van der Waals surface area (Å²) in [6, 6.07) is 2.08. The van der Waals surface area contributed by atoms with Crippen molar-refractivity contribution in [1.29, 1.82) is 0 Å². The van der Waals surface area contributed by atoms with Gasteiger partial charge in [0.2, 0.25) is 0 Å². The van der Waals surface area contributed by atoms with E-state index in [4.69, 9.17) is 0 Å². The van der Waals surface area contributed by atoms with Gasteiger partial charge in [-0.1, -0.05) is 13.8 Å². The van der Waals surface area contributed by atoms with Crippen molar-refractivity contribution >= 4 is 28.0 Å². The van der Waals surface area contributed by atoms with Gasteiger partial charge in [0.1, 0.15) is 5.00 Å². The Morgan fingerprint density at radius 3 is 2.88 bits per heavy atom. The van der Waals surface area contributed by atoms with E-state index in [0.717, 1.165) is 39.8 Å². The molecule has 0 amide bonds. The topological polar surface area (TPSA) is 72.9 Å². The fourth-order valence-electron chi connectivity index (χ4n) is 2.78. The van der Waals surface area contributed by atoms with Crippen LogP contribution in [0.2, 0.25) is 0 Å². The molecule has 4 aromatic rings. The SMILES string of the molecule is CC(C)Cc1cc(Nc2nccn3c(-c4cnn(C)c4)cnc23)sn1. The summed E-state index contributed by atoms with van der Waals surface area (Å²) in [4.78, 5) is 8.99. The van der Waals surface area contributed by atoms with Crippen LogP contribution >= 0.6 is 11.5 Å². The molecule has 25 heavy (non-hydrogen) atoms. The molecular weight excluding hydrogens is 334 g/mol. The van der Waals surface area contributed by atoms with Gasteiger partial charge < -0.3 is 5.32 Å². The van der Waals surface area contributed by atoms with E-state index in [-0.39, 0.29) is 0 Å². The molecule has 0 aliphatic heterocycles. The lowest BCUT2D eigenvalue weighted by Crippen LogP contribution is -1.97. The first kappa shape index (κ1) is 15.8. The van der Waals surface area contributed by atoms with Crippen LogP contribution < -0.4 is 5.32 Å². The number of hydrogen-bond acceptors (Lipinski definition) is 6. The molecule has 0 aromatic carbocycles. The highest BCUT2D eigenvalue weighted by Crippen LogP contribution is 2.27. The first-order valence-electron chi connectivity index (χ1n) is 8.14. The van der Waals surface area contributed by atoms with Crippen LogP contribution in [0.5, 0.6) is 0 Å². The first-order chi connectivity index (χ1) is 12.1. The normalized spacial score (nSPS) is 11.5. The van der Waals surface area contributed by atoms with Crippen LogP contribution in [0.25, 0.3) is 16.9 Å². The highest BCUT2D eigenvalue weighted by Gasteiger charge is 2.13. The van der Waals surface area contributed by atoms with Gasteiger partial charge in [-0.05, 0) is 29.9 Å². The summed E-state index contributed by atoms with van der Waals surface area (Å²) in [6.45, 7) is 4.39. The van der Waals surface area contributed by atoms with Crippen LogP contribution in [0.4, 0.5) is 10.8 Å². The Labute approximate surface area is 149 Å². The zero-order valence-electron chi connectivity index (χ0n) is 14.3. The van der Waals surface area contributed by atoms with E-state index in [9.17, 15) is 0 Å². The maximum absolute atomic E-state index is 4.54. The van der Waals surface area contributed by atoms with Gasteiger partial charge in [-0.25, -0.2) is 9.97 Å². The van der Waals surface area contributed by atoms with Gasteiger partial charge in [0.15, 0.2) is 11.5 Å². The van der Waals surface area contributed by atoms with Gasteiger partial charge in [-0.2, -0.15) is 9.47 Å². The van der Waals surface area contributed by atoms with Crippen molar-refractivity contribution in [3.8, 4) is 11.3 Å². The van der Waals surface area contributed by atoms with E-state index >= 15 is 0 Å². The van der Waals surface area contributed by atoms with Gasteiger partial charge in [-0.15, -0.1) is 0 Å². The lowest BCUT2D eigenvalue weighted by atomic mass is 10.1. The molecular formula is C17H19N7S. The van der Waals surface area contributed by atoms with E-state index < -0.39 is 0 Å². The molecule has 1 N–H and O–H groups in total. The monoisotopic (exact) mass is 353 g/mol. The predicted octanol–water partition coefficient (Wildman–Crippen LogP) is 3.53. The minimum Gasteiger partial charge on any atom is -0.328 e. The van der Waals surface area contributed by atoms with Crippen molar-refractivity contribution in [2.75, 3.05) is 5.32 Å². The number of hydrogen-bond donors (Lipinski definition) is 1. The number of rotatable bonds is 5. The molecule has 0 aliphatic rings. The Morgan fingerprint density at radius 1 is 1.24 bits per heavy atom. The number of aromatic nitrogens is 6. The van der Waals surface area contributed by atoms with Crippen molar-refractivity contribution in [3.05, 3.63) is 42.7 Å². The van der Waals surface area contributed by atoms with Crippen LogP contribution in [-0.4, -0.2) is 28.5 Å². The van der Waals surface area contributed by atoms with Crippen molar-refractivity contribution < 1.29 is 0 Å². The molecule has 0 unspecified atom stereocenters. The molecule has 0 saturated heterocycles. The summed E-state index contributed by atoms with van der Waals surface area (Å²) in [5.41, 5.74) is 3.89. The summed E-state index contributed by atoms with van der Waals surface area (Å²) >= 11 is 1.45. The average Bonchev–Trinajstić information content (AvgIpc) is 3.27. The van der Waals surface area contributed by atoms with Crippen molar-refractivity contribution in [2.45, 2.75) is 20.3 Å². The largest absolute Gasteiger partial charge is 0.328 e. The fourth-order valence-corrected chi connectivity index (χ4v) is 3.45. The summed E-state index contributed by atoms with van der Waals surface area (Å²) in [7, 11) is 1.90. The van der Waals surface area contributed by atoms with Gasteiger partial charge in [0.25, 0.3) is 0 Å². The van der Waals surface area contributed by atoms with Crippen molar-refractivity contribution in [1.82, 2.24) is 28.5 Å². The number of nitrogens with zero attached hydrogens (tertiary/aromatic N) is 6. The summed E-state index contributed by atoms with van der Waals surface area (Å²) < 4.78 is 8.30. The average molecular weight is 353 g/mol. The molecule has 0 saturated carbocycles. The van der Waals surface area contributed by atoms with Gasteiger partial charge in [0.05, 0.1) is 23.8 Å². The van der Waals surface area contributed by atoms with Crippen LogP contribution in [0.1, 0.15) is 19.5 Å². The number of nitrogens with one attached hydrogen (secondary N) is 1. The van der Waals surface area contributed by atoms with E-state index in [1.807, 2.05) is 36.2 Å². The zero-order valence-corrected chi connectivity index (χ0v) is 15.2. The van der Waals surface area contributed by atoms with E-state index in [1.54, 1.807) is 10.9 Å². The molecule has 128 valence electrons. The molecule has 0 aliphatic carbocycles. The molecule has 0 radical (unpaired) electrons. The second-order valence-corrected chi connectivity index (χ2v) is 7.23. The lowest BCUT2D eigenvalue weighted by Gasteiger charge is -2.05. The zero-order chi connectivity index (χ0) is 17.4. The first-order valence-corrected chi connectivity index (χ1v) is 8.91. The second-order valence-electron chi connectivity index (χ2n) is 6.42. The summed E-state index contributed by atoms with van der Waals surface area (Å²) in [6.07, 6.45) is 10.3. The molecule has 0 spiro atoms.